The second kappa shape index (κ2) is 6.42. The van der Waals surface area contributed by atoms with Crippen molar-refractivity contribution in [1.29, 1.82) is 0 Å². The van der Waals surface area contributed by atoms with E-state index in [-0.39, 0.29) is 0 Å². The molecule has 96 valence electrons. The molecule has 1 atom stereocenters. The van der Waals surface area contributed by atoms with Crippen LogP contribution >= 0.6 is 11.6 Å². The van der Waals surface area contributed by atoms with Crippen LogP contribution in [0.4, 0.5) is 0 Å². The molecule has 1 nitrogen and oxygen atoms in total. The summed E-state index contributed by atoms with van der Waals surface area (Å²) in [6, 6.07) is 8.19. The van der Waals surface area contributed by atoms with Gasteiger partial charge in [0.05, 0.1) is 0 Å². The Bertz CT molecular complexity index is 341. The van der Waals surface area contributed by atoms with E-state index in [1.807, 2.05) is 19.2 Å². The van der Waals surface area contributed by atoms with Gasteiger partial charge in [0.1, 0.15) is 0 Å². The molecule has 1 rings (SSSR count). The van der Waals surface area contributed by atoms with E-state index in [0.717, 1.165) is 11.6 Å². The molecule has 0 bridgehead atoms. The number of hydrogen-bond donors (Lipinski definition) is 1. The molecule has 0 aliphatic rings. The number of halogens is 1. The molecule has 1 N–H and O–H groups in total. The second-order valence-corrected chi connectivity index (χ2v) is 6.28. The first-order valence-corrected chi connectivity index (χ1v) is 6.71. The second-order valence-electron chi connectivity index (χ2n) is 5.88. The smallest absolute Gasteiger partial charge is 0.0441 e. The number of benzene rings is 1. The molecule has 1 unspecified atom stereocenters. The Balaban J connectivity index is 2.75. The third-order valence-corrected chi connectivity index (χ3v) is 3.38. The Labute approximate surface area is 111 Å². The fourth-order valence-corrected chi connectivity index (χ4v) is 2.32. The Hall–Kier alpha value is -0.530. The van der Waals surface area contributed by atoms with Crippen LogP contribution in [0.1, 0.15) is 45.1 Å². The molecule has 0 saturated carbocycles. The van der Waals surface area contributed by atoms with Crippen LogP contribution in [0, 0.1) is 5.41 Å². The van der Waals surface area contributed by atoms with Crippen LogP contribution in [0.3, 0.4) is 0 Å². The molecule has 0 aromatic heterocycles. The molecule has 0 spiro atoms. The minimum atomic E-state index is 0.382. The summed E-state index contributed by atoms with van der Waals surface area (Å²) in [6.07, 6.45) is 2.39. The molecule has 1 aromatic rings. The molecule has 2 heteroatoms. The first kappa shape index (κ1) is 14.5. The summed E-state index contributed by atoms with van der Waals surface area (Å²) >= 11 is 6.28. The number of likely N-dealkylation sites (N-methyl/N-ethyl adjacent to an activating group) is 1. The van der Waals surface area contributed by atoms with Gasteiger partial charge in [0.2, 0.25) is 0 Å². The fraction of sp³-hybridized carbons (Fsp3) is 0.600. The van der Waals surface area contributed by atoms with Crippen molar-refractivity contribution in [1.82, 2.24) is 5.32 Å². The molecule has 0 aliphatic heterocycles. The lowest BCUT2D eigenvalue weighted by atomic mass is 9.84. The van der Waals surface area contributed by atoms with Crippen LogP contribution in [-0.4, -0.2) is 13.6 Å². The van der Waals surface area contributed by atoms with E-state index in [9.17, 15) is 0 Å². The summed E-state index contributed by atoms with van der Waals surface area (Å²) in [4.78, 5) is 0. The minimum absolute atomic E-state index is 0.382. The highest BCUT2D eigenvalue weighted by Crippen LogP contribution is 2.31. The summed E-state index contributed by atoms with van der Waals surface area (Å²) in [5.41, 5.74) is 1.65. The number of rotatable bonds is 5. The summed E-state index contributed by atoms with van der Waals surface area (Å²) in [5.74, 6) is 0.507. The van der Waals surface area contributed by atoms with Gasteiger partial charge in [-0.3, -0.25) is 0 Å². The zero-order chi connectivity index (χ0) is 12.9. The molecular formula is C15H24ClN. The van der Waals surface area contributed by atoms with Gasteiger partial charge in [0.25, 0.3) is 0 Å². The lowest BCUT2D eigenvalue weighted by molar-refractivity contribution is 0.346. The summed E-state index contributed by atoms with van der Waals surface area (Å²) in [6.45, 7) is 7.85. The zero-order valence-electron chi connectivity index (χ0n) is 11.4. The van der Waals surface area contributed by atoms with Crippen LogP contribution < -0.4 is 5.32 Å². The van der Waals surface area contributed by atoms with E-state index < -0.39 is 0 Å². The maximum absolute atomic E-state index is 6.28. The van der Waals surface area contributed by atoms with Crippen molar-refractivity contribution in [3.8, 4) is 0 Å². The minimum Gasteiger partial charge on any atom is -0.319 e. The monoisotopic (exact) mass is 253 g/mol. The van der Waals surface area contributed by atoms with Crippen LogP contribution in [0.5, 0.6) is 0 Å². The van der Waals surface area contributed by atoms with Gasteiger partial charge >= 0.3 is 0 Å². The van der Waals surface area contributed by atoms with Crippen LogP contribution in [0.15, 0.2) is 24.3 Å². The van der Waals surface area contributed by atoms with Crippen molar-refractivity contribution in [2.45, 2.75) is 39.5 Å². The predicted molar refractivity (Wildman–Crippen MR) is 76.8 cm³/mol. The van der Waals surface area contributed by atoms with Crippen molar-refractivity contribution in [2.24, 2.45) is 5.41 Å². The third kappa shape index (κ3) is 5.10. The highest BCUT2D eigenvalue weighted by molar-refractivity contribution is 6.31. The zero-order valence-corrected chi connectivity index (χ0v) is 12.1. The normalized spacial score (nSPS) is 13.7. The van der Waals surface area contributed by atoms with Crippen molar-refractivity contribution >= 4 is 11.6 Å². The molecule has 0 saturated heterocycles. The van der Waals surface area contributed by atoms with Gasteiger partial charge in [0, 0.05) is 11.6 Å². The van der Waals surface area contributed by atoms with Gasteiger partial charge in [0.15, 0.2) is 0 Å². The number of nitrogens with one attached hydrogen (secondary N) is 1. The van der Waals surface area contributed by atoms with Crippen LogP contribution in [0.2, 0.25) is 5.02 Å². The first-order valence-electron chi connectivity index (χ1n) is 6.33. The molecule has 0 heterocycles. The van der Waals surface area contributed by atoms with Gasteiger partial charge < -0.3 is 5.32 Å². The first-order chi connectivity index (χ1) is 7.94. The molecule has 1 aromatic carbocycles. The highest BCUT2D eigenvalue weighted by atomic mass is 35.5. The molecule has 17 heavy (non-hydrogen) atoms. The van der Waals surface area contributed by atoms with Crippen molar-refractivity contribution in [2.75, 3.05) is 13.6 Å². The molecule has 0 fully saturated rings. The molecule has 0 aliphatic carbocycles. The third-order valence-electron chi connectivity index (χ3n) is 3.04. The summed E-state index contributed by atoms with van der Waals surface area (Å²) < 4.78 is 0. The van der Waals surface area contributed by atoms with E-state index in [4.69, 9.17) is 11.6 Å². The largest absolute Gasteiger partial charge is 0.319 e. The van der Waals surface area contributed by atoms with E-state index >= 15 is 0 Å². The summed E-state index contributed by atoms with van der Waals surface area (Å²) in [7, 11) is 2.00. The number of hydrogen-bond acceptors (Lipinski definition) is 1. The fourth-order valence-electron chi connectivity index (χ4n) is 2.03. The summed E-state index contributed by atoms with van der Waals surface area (Å²) in [5, 5.41) is 4.16. The Morgan fingerprint density at radius 3 is 2.41 bits per heavy atom. The van der Waals surface area contributed by atoms with Crippen LogP contribution in [-0.2, 0) is 0 Å². The average molecular weight is 254 g/mol. The van der Waals surface area contributed by atoms with Gasteiger partial charge in [-0.25, -0.2) is 0 Å². The standard InChI is InChI=1S/C15H24ClN/c1-15(2,3)10-9-12(11-17-4)13-7-5-6-8-14(13)16/h5-8,12,17H,9-11H2,1-4H3. The van der Waals surface area contributed by atoms with Gasteiger partial charge in [-0.2, -0.15) is 0 Å². The lowest BCUT2D eigenvalue weighted by Gasteiger charge is -2.24. The van der Waals surface area contributed by atoms with Crippen molar-refractivity contribution in [3.05, 3.63) is 34.9 Å². The quantitative estimate of drug-likeness (QED) is 0.817. The van der Waals surface area contributed by atoms with E-state index in [1.54, 1.807) is 0 Å². The highest BCUT2D eigenvalue weighted by Gasteiger charge is 2.18. The average Bonchev–Trinajstić information content (AvgIpc) is 2.24. The van der Waals surface area contributed by atoms with E-state index in [0.29, 0.717) is 11.3 Å². The van der Waals surface area contributed by atoms with Crippen molar-refractivity contribution in [3.63, 3.8) is 0 Å². The van der Waals surface area contributed by atoms with E-state index in [1.165, 1.54) is 18.4 Å². The maximum Gasteiger partial charge on any atom is 0.0441 e. The Kier molecular flexibility index (Phi) is 5.48. The topological polar surface area (TPSA) is 12.0 Å². The Morgan fingerprint density at radius 2 is 1.88 bits per heavy atom. The Morgan fingerprint density at radius 1 is 1.24 bits per heavy atom. The van der Waals surface area contributed by atoms with E-state index in [2.05, 4.69) is 38.2 Å². The lowest BCUT2D eigenvalue weighted by Crippen LogP contribution is -2.19. The van der Waals surface area contributed by atoms with Crippen molar-refractivity contribution < 1.29 is 0 Å². The SMILES string of the molecule is CNCC(CCC(C)(C)C)c1ccccc1Cl. The predicted octanol–water partition coefficient (Wildman–Crippen LogP) is 4.47. The molecular weight excluding hydrogens is 230 g/mol. The van der Waals surface area contributed by atoms with Gasteiger partial charge in [-0.05, 0) is 42.9 Å². The molecule has 0 radical (unpaired) electrons. The maximum atomic E-state index is 6.28. The molecule has 0 amide bonds. The van der Waals surface area contributed by atoms with Gasteiger partial charge in [-0.1, -0.05) is 50.6 Å². The van der Waals surface area contributed by atoms with Crippen LogP contribution in [0.25, 0.3) is 0 Å². The van der Waals surface area contributed by atoms with Gasteiger partial charge in [-0.15, -0.1) is 0 Å².